The molecule has 0 saturated heterocycles. The average molecular weight is 382 g/mol. The SMILES string of the molecule is CCOC(=O)[C@@](NC(=O)c1cccnc1)(Nc1cccc(C)n1)C(F)(F)F. The van der Waals surface area contributed by atoms with Gasteiger partial charge in [0.1, 0.15) is 5.82 Å². The fourth-order valence-corrected chi connectivity index (χ4v) is 2.17. The highest BCUT2D eigenvalue weighted by atomic mass is 19.4. The van der Waals surface area contributed by atoms with E-state index < -0.39 is 23.7 Å². The summed E-state index contributed by atoms with van der Waals surface area (Å²) in [6.07, 6.45) is -2.80. The Bertz CT molecular complexity index is 815. The minimum atomic E-state index is -5.23. The molecule has 7 nitrogen and oxygen atoms in total. The number of carbonyl (C=O) groups is 2. The number of aromatic nitrogens is 2. The molecule has 0 spiro atoms. The van der Waals surface area contributed by atoms with E-state index in [-0.39, 0.29) is 18.0 Å². The van der Waals surface area contributed by atoms with Gasteiger partial charge in [-0.3, -0.25) is 9.78 Å². The van der Waals surface area contributed by atoms with Crippen molar-refractivity contribution in [2.75, 3.05) is 11.9 Å². The van der Waals surface area contributed by atoms with Crippen LogP contribution in [0.1, 0.15) is 23.0 Å². The van der Waals surface area contributed by atoms with Crippen molar-refractivity contribution in [3.05, 3.63) is 54.0 Å². The third kappa shape index (κ3) is 4.52. The lowest BCUT2D eigenvalue weighted by Gasteiger charge is -2.35. The molecule has 0 fully saturated rings. The number of carbonyl (C=O) groups excluding carboxylic acids is 2. The number of esters is 1. The molecular formula is C17H17F3N4O3. The van der Waals surface area contributed by atoms with Gasteiger partial charge >= 0.3 is 17.8 Å². The highest BCUT2D eigenvalue weighted by molar-refractivity contribution is 5.99. The molecule has 0 unspecified atom stereocenters. The van der Waals surface area contributed by atoms with Crippen molar-refractivity contribution >= 4 is 17.7 Å². The van der Waals surface area contributed by atoms with Crippen molar-refractivity contribution in [2.24, 2.45) is 0 Å². The number of halogens is 3. The number of hydrogen-bond acceptors (Lipinski definition) is 6. The van der Waals surface area contributed by atoms with Crippen LogP contribution in [0.25, 0.3) is 0 Å². The number of alkyl halides is 3. The van der Waals surface area contributed by atoms with Crippen LogP contribution in [0.2, 0.25) is 0 Å². The number of nitrogens with one attached hydrogen (secondary N) is 2. The largest absolute Gasteiger partial charge is 0.463 e. The fraction of sp³-hybridized carbons (Fsp3) is 0.294. The molecule has 0 aliphatic rings. The molecule has 27 heavy (non-hydrogen) atoms. The van der Waals surface area contributed by atoms with Crippen molar-refractivity contribution in [2.45, 2.75) is 25.7 Å². The molecule has 10 heteroatoms. The molecule has 0 aliphatic heterocycles. The highest BCUT2D eigenvalue weighted by Gasteiger charge is 2.64. The van der Waals surface area contributed by atoms with Gasteiger partial charge in [0.05, 0.1) is 12.2 Å². The number of aryl methyl sites for hydroxylation is 1. The Morgan fingerprint density at radius 2 is 1.93 bits per heavy atom. The molecule has 2 heterocycles. The zero-order valence-corrected chi connectivity index (χ0v) is 14.5. The van der Waals surface area contributed by atoms with E-state index in [0.717, 1.165) is 6.20 Å². The topological polar surface area (TPSA) is 93.2 Å². The van der Waals surface area contributed by atoms with E-state index in [1.807, 2.05) is 5.32 Å². The van der Waals surface area contributed by atoms with Crippen LogP contribution in [0.4, 0.5) is 19.0 Å². The standard InChI is InChI=1S/C17H17F3N4O3/c1-3-27-15(26)16(17(18,19)20,23-13-8-4-6-11(2)22-13)24-14(25)12-7-5-9-21-10-12/h4-10H,3H2,1-2H3,(H,22,23)(H,24,25)/t16-/m0/s1. The van der Waals surface area contributed by atoms with Gasteiger partial charge in [0.15, 0.2) is 0 Å². The van der Waals surface area contributed by atoms with E-state index in [9.17, 15) is 22.8 Å². The van der Waals surface area contributed by atoms with E-state index in [1.165, 1.54) is 37.4 Å². The van der Waals surface area contributed by atoms with Crippen molar-refractivity contribution in [1.82, 2.24) is 15.3 Å². The molecule has 0 bridgehead atoms. The lowest BCUT2D eigenvalue weighted by molar-refractivity contribution is -0.204. The Labute approximate surface area is 153 Å². The Morgan fingerprint density at radius 3 is 2.48 bits per heavy atom. The van der Waals surface area contributed by atoms with Crippen molar-refractivity contribution in [3.8, 4) is 0 Å². The van der Waals surface area contributed by atoms with Crippen LogP contribution in [0.3, 0.4) is 0 Å². The zero-order chi connectivity index (χ0) is 20.1. The molecule has 2 aromatic rings. The van der Waals surface area contributed by atoms with Gasteiger partial charge in [-0.25, -0.2) is 9.78 Å². The van der Waals surface area contributed by atoms with Gasteiger partial charge in [-0.05, 0) is 38.1 Å². The molecule has 2 rings (SSSR count). The summed E-state index contributed by atoms with van der Waals surface area (Å²) in [6, 6.07) is 6.91. The van der Waals surface area contributed by atoms with Crippen LogP contribution in [-0.2, 0) is 9.53 Å². The summed E-state index contributed by atoms with van der Waals surface area (Å²) < 4.78 is 46.6. The summed E-state index contributed by atoms with van der Waals surface area (Å²) in [6.45, 7) is 2.61. The quantitative estimate of drug-likeness (QED) is 0.589. The van der Waals surface area contributed by atoms with Crippen LogP contribution < -0.4 is 10.6 Å². The molecule has 2 aromatic heterocycles. The minimum Gasteiger partial charge on any atom is -0.463 e. The second-order valence-corrected chi connectivity index (χ2v) is 5.45. The van der Waals surface area contributed by atoms with Gasteiger partial charge in [-0.1, -0.05) is 6.07 Å². The predicted octanol–water partition coefficient (Wildman–Crippen LogP) is 2.45. The fourth-order valence-electron chi connectivity index (χ4n) is 2.17. The summed E-state index contributed by atoms with van der Waals surface area (Å²) in [4.78, 5) is 32.3. The van der Waals surface area contributed by atoms with Gasteiger partial charge < -0.3 is 15.4 Å². The van der Waals surface area contributed by atoms with Crippen molar-refractivity contribution in [3.63, 3.8) is 0 Å². The van der Waals surface area contributed by atoms with Gasteiger partial charge in [0, 0.05) is 18.1 Å². The normalized spacial score (nSPS) is 13.4. The first-order valence-corrected chi connectivity index (χ1v) is 7.88. The van der Waals surface area contributed by atoms with E-state index in [2.05, 4.69) is 14.7 Å². The van der Waals surface area contributed by atoms with E-state index in [0.29, 0.717) is 5.69 Å². The lowest BCUT2D eigenvalue weighted by Crippen LogP contribution is -2.69. The summed E-state index contributed by atoms with van der Waals surface area (Å²) in [5.74, 6) is -3.13. The molecule has 1 amide bonds. The van der Waals surface area contributed by atoms with Crippen molar-refractivity contribution < 1.29 is 27.5 Å². The molecular weight excluding hydrogens is 365 g/mol. The Kier molecular flexibility index (Phi) is 5.98. The van der Waals surface area contributed by atoms with Gasteiger partial charge in [-0.2, -0.15) is 13.2 Å². The molecule has 2 N–H and O–H groups in total. The highest BCUT2D eigenvalue weighted by Crippen LogP contribution is 2.33. The smallest absolute Gasteiger partial charge is 0.441 e. The number of anilines is 1. The number of hydrogen-bond donors (Lipinski definition) is 2. The first kappa shape index (κ1) is 20.1. The third-order valence-corrected chi connectivity index (χ3v) is 3.44. The summed E-state index contributed by atoms with van der Waals surface area (Å²) in [7, 11) is 0. The molecule has 144 valence electrons. The monoisotopic (exact) mass is 382 g/mol. The lowest BCUT2D eigenvalue weighted by atomic mass is 10.1. The van der Waals surface area contributed by atoms with Crippen LogP contribution in [0, 0.1) is 6.92 Å². The summed E-state index contributed by atoms with van der Waals surface area (Å²) in [5.41, 5.74) is -3.27. The van der Waals surface area contributed by atoms with Gasteiger partial charge in [0.2, 0.25) is 0 Å². The van der Waals surface area contributed by atoms with Crippen LogP contribution in [0.5, 0.6) is 0 Å². The maximum Gasteiger partial charge on any atom is 0.441 e. The predicted molar refractivity (Wildman–Crippen MR) is 89.7 cm³/mol. The molecule has 0 aromatic carbocycles. The number of ether oxygens (including phenoxy) is 1. The maximum atomic E-state index is 14.0. The number of nitrogens with zero attached hydrogens (tertiary/aromatic N) is 2. The first-order chi connectivity index (χ1) is 12.7. The Morgan fingerprint density at radius 1 is 1.19 bits per heavy atom. The van der Waals surface area contributed by atoms with Crippen LogP contribution in [-0.4, -0.2) is 40.3 Å². The van der Waals surface area contributed by atoms with Gasteiger partial charge in [0.25, 0.3) is 5.91 Å². The second-order valence-electron chi connectivity index (χ2n) is 5.45. The summed E-state index contributed by atoms with van der Waals surface area (Å²) in [5, 5.41) is 3.71. The molecule has 1 atom stereocenters. The minimum absolute atomic E-state index is 0.158. The first-order valence-electron chi connectivity index (χ1n) is 7.88. The van der Waals surface area contributed by atoms with Gasteiger partial charge in [-0.15, -0.1) is 0 Å². The van der Waals surface area contributed by atoms with Crippen molar-refractivity contribution in [1.29, 1.82) is 0 Å². The number of rotatable bonds is 6. The zero-order valence-electron chi connectivity index (χ0n) is 14.5. The molecule has 0 aliphatic carbocycles. The summed E-state index contributed by atoms with van der Waals surface area (Å²) >= 11 is 0. The Hall–Kier alpha value is -3.17. The van der Waals surface area contributed by atoms with E-state index >= 15 is 0 Å². The maximum absolute atomic E-state index is 14.0. The molecule has 0 radical (unpaired) electrons. The van der Waals surface area contributed by atoms with Crippen LogP contribution in [0.15, 0.2) is 42.7 Å². The van der Waals surface area contributed by atoms with E-state index in [1.54, 1.807) is 18.3 Å². The Balaban J connectivity index is 2.50. The number of amides is 1. The average Bonchev–Trinajstić information content (AvgIpc) is 2.61. The van der Waals surface area contributed by atoms with Crippen LogP contribution >= 0.6 is 0 Å². The third-order valence-electron chi connectivity index (χ3n) is 3.44. The second kappa shape index (κ2) is 8.02. The molecule has 0 saturated carbocycles. The van der Waals surface area contributed by atoms with E-state index in [4.69, 9.17) is 0 Å². The number of pyridine rings is 2.